The predicted octanol–water partition coefficient (Wildman–Crippen LogP) is 4.30. The Morgan fingerprint density at radius 3 is 2.33 bits per heavy atom. The van der Waals surface area contributed by atoms with Crippen LogP contribution in [0.1, 0.15) is 11.1 Å². The smallest absolute Gasteiger partial charge is 0.419 e. The minimum Gasteiger partial charge on any atom is -0.490 e. The number of aliphatic hydroxyl groups excluding tert-OH is 1. The van der Waals surface area contributed by atoms with Crippen molar-refractivity contribution in [2.45, 2.75) is 12.8 Å². The van der Waals surface area contributed by atoms with Crippen molar-refractivity contribution in [3.63, 3.8) is 0 Å². The minimum atomic E-state index is -4.70. The topological polar surface area (TPSA) is 86.8 Å². The minimum absolute atomic E-state index is 0.0388. The SMILES string of the molecule is OCCOCCOCc1ccc(-c2noc(-c3ccc(OCCF)c(C(F)(F)F)c3)n2)cc1. The first kappa shape index (κ1) is 24.6. The fourth-order valence-corrected chi connectivity index (χ4v) is 2.84. The summed E-state index contributed by atoms with van der Waals surface area (Å²) in [6.07, 6.45) is -4.70. The molecule has 3 rings (SSSR count). The average molecular weight is 470 g/mol. The Kier molecular flexibility index (Phi) is 8.75. The van der Waals surface area contributed by atoms with Crippen molar-refractivity contribution < 1.29 is 41.4 Å². The van der Waals surface area contributed by atoms with E-state index in [1.807, 2.05) is 0 Å². The molecule has 0 saturated heterocycles. The summed E-state index contributed by atoms with van der Waals surface area (Å²) in [5, 5.41) is 12.5. The number of rotatable bonds is 12. The van der Waals surface area contributed by atoms with Gasteiger partial charge in [-0.3, -0.25) is 0 Å². The monoisotopic (exact) mass is 470 g/mol. The van der Waals surface area contributed by atoms with Crippen LogP contribution in [0.2, 0.25) is 0 Å². The molecule has 1 heterocycles. The molecule has 178 valence electrons. The molecule has 0 bridgehead atoms. The second-order valence-corrected chi connectivity index (χ2v) is 6.75. The first-order chi connectivity index (χ1) is 15.9. The number of hydrogen-bond acceptors (Lipinski definition) is 7. The van der Waals surface area contributed by atoms with Crippen LogP contribution in [0.25, 0.3) is 22.8 Å². The summed E-state index contributed by atoms with van der Waals surface area (Å²) in [5.74, 6) is -0.356. The van der Waals surface area contributed by atoms with Crippen molar-refractivity contribution in [3.05, 3.63) is 53.6 Å². The quantitative estimate of drug-likeness (QED) is 0.312. The third kappa shape index (κ3) is 6.98. The third-order valence-corrected chi connectivity index (χ3v) is 4.38. The normalized spacial score (nSPS) is 11.7. The summed E-state index contributed by atoms with van der Waals surface area (Å²) in [7, 11) is 0. The molecule has 0 aliphatic carbocycles. The van der Waals surface area contributed by atoms with Gasteiger partial charge in [-0.1, -0.05) is 29.4 Å². The first-order valence-electron chi connectivity index (χ1n) is 10.0. The van der Waals surface area contributed by atoms with Crippen LogP contribution in [0.3, 0.4) is 0 Å². The molecule has 1 aromatic heterocycles. The van der Waals surface area contributed by atoms with Gasteiger partial charge in [0.05, 0.1) is 38.6 Å². The average Bonchev–Trinajstić information content (AvgIpc) is 3.30. The van der Waals surface area contributed by atoms with E-state index >= 15 is 0 Å². The highest BCUT2D eigenvalue weighted by molar-refractivity contribution is 5.62. The van der Waals surface area contributed by atoms with E-state index < -0.39 is 30.8 Å². The summed E-state index contributed by atoms with van der Waals surface area (Å²) in [6.45, 7) is -0.0436. The molecular weight excluding hydrogens is 448 g/mol. The highest BCUT2D eigenvalue weighted by atomic mass is 19.4. The zero-order valence-corrected chi connectivity index (χ0v) is 17.5. The number of alkyl halides is 4. The molecule has 0 aliphatic heterocycles. The Bertz CT molecular complexity index is 1010. The van der Waals surface area contributed by atoms with Crippen LogP contribution in [-0.2, 0) is 22.3 Å². The van der Waals surface area contributed by atoms with Crippen LogP contribution < -0.4 is 4.74 Å². The van der Waals surface area contributed by atoms with Crippen LogP contribution >= 0.6 is 0 Å². The van der Waals surface area contributed by atoms with Gasteiger partial charge in [0.1, 0.15) is 19.0 Å². The summed E-state index contributed by atoms with van der Waals surface area (Å²) >= 11 is 0. The van der Waals surface area contributed by atoms with E-state index in [4.69, 9.17) is 23.8 Å². The molecule has 0 amide bonds. The lowest BCUT2D eigenvalue weighted by molar-refractivity contribution is -0.138. The van der Waals surface area contributed by atoms with Gasteiger partial charge in [-0.05, 0) is 23.8 Å². The van der Waals surface area contributed by atoms with Gasteiger partial charge in [0, 0.05) is 11.1 Å². The van der Waals surface area contributed by atoms with Gasteiger partial charge in [-0.15, -0.1) is 0 Å². The van der Waals surface area contributed by atoms with E-state index in [9.17, 15) is 17.6 Å². The zero-order valence-electron chi connectivity index (χ0n) is 17.5. The Hall–Kier alpha value is -3.02. The second kappa shape index (κ2) is 11.7. The maximum absolute atomic E-state index is 13.4. The highest BCUT2D eigenvalue weighted by Gasteiger charge is 2.35. The van der Waals surface area contributed by atoms with Crippen LogP contribution in [0.4, 0.5) is 17.6 Å². The summed E-state index contributed by atoms with van der Waals surface area (Å²) in [6, 6.07) is 10.4. The lowest BCUT2D eigenvalue weighted by Gasteiger charge is -2.13. The fraction of sp³-hybridized carbons (Fsp3) is 0.364. The number of aromatic nitrogens is 2. The van der Waals surface area contributed by atoms with Crippen LogP contribution in [0.15, 0.2) is 47.0 Å². The molecule has 2 aromatic carbocycles. The molecule has 0 saturated carbocycles. The third-order valence-electron chi connectivity index (χ3n) is 4.38. The van der Waals surface area contributed by atoms with E-state index in [1.165, 1.54) is 6.07 Å². The molecule has 0 spiro atoms. The van der Waals surface area contributed by atoms with Crippen molar-refractivity contribution in [3.8, 4) is 28.6 Å². The molecule has 0 aliphatic rings. The summed E-state index contributed by atoms with van der Waals surface area (Å²) < 4.78 is 73.0. The lowest BCUT2D eigenvalue weighted by Crippen LogP contribution is -2.10. The first-order valence-corrected chi connectivity index (χ1v) is 10.0. The van der Waals surface area contributed by atoms with Crippen molar-refractivity contribution >= 4 is 0 Å². The Labute approximate surface area is 186 Å². The van der Waals surface area contributed by atoms with Crippen LogP contribution in [0, 0.1) is 0 Å². The molecule has 33 heavy (non-hydrogen) atoms. The van der Waals surface area contributed by atoms with E-state index in [2.05, 4.69) is 10.1 Å². The molecule has 0 atom stereocenters. The van der Waals surface area contributed by atoms with Crippen molar-refractivity contribution in [2.24, 2.45) is 0 Å². The zero-order chi connectivity index (χ0) is 23.7. The molecular formula is C22H22F4N2O5. The number of nitrogens with zero attached hydrogens (tertiary/aromatic N) is 2. The van der Waals surface area contributed by atoms with E-state index in [0.29, 0.717) is 25.4 Å². The van der Waals surface area contributed by atoms with Crippen molar-refractivity contribution in [1.82, 2.24) is 10.1 Å². The molecule has 7 nitrogen and oxygen atoms in total. The Morgan fingerprint density at radius 1 is 0.909 bits per heavy atom. The van der Waals surface area contributed by atoms with E-state index in [-0.39, 0.29) is 30.5 Å². The number of halogens is 4. The summed E-state index contributed by atoms with van der Waals surface area (Å²) in [4.78, 5) is 4.19. The lowest BCUT2D eigenvalue weighted by atomic mass is 10.1. The maximum atomic E-state index is 13.4. The van der Waals surface area contributed by atoms with E-state index in [1.54, 1.807) is 24.3 Å². The predicted molar refractivity (Wildman–Crippen MR) is 109 cm³/mol. The van der Waals surface area contributed by atoms with Gasteiger partial charge in [-0.2, -0.15) is 18.2 Å². The molecule has 0 fully saturated rings. The molecule has 3 aromatic rings. The number of benzene rings is 2. The Balaban J connectivity index is 1.68. The second-order valence-electron chi connectivity index (χ2n) is 6.75. The van der Waals surface area contributed by atoms with Gasteiger partial charge < -0.3 is 23.8 Å². The van der Waals surface area contributed by atoms with Gasteiger partial charge in [0.15, 0.2) is 0 Å². The summed E-state index contributed by atoms with van der Waals surface area (Å²) in [5.41, 5.74) is 0.503. The van der Waals surface area contributed by atoms with Crippen molar-refractivity contribution in [1.29, 1.82) is 0 Å². The Morgan fingerprint density at radius 2 is 1.64 bits per heavy atom. The van der Waals surface area contributed by atoms with Gasteiger partial charge in [0.2, 0.25) is 5.82 Å². The van der Waals surface area contributed by atoms with E-state index in [0.717, 1.165) is 17.7 Å². The van der Waals surface area contributed by atoms with Gasteiger partial charge in [-0.25, -0.2) is 4.39 Å². The largest absolute Gasteiger partial charge is 0.490 e. The number of aliphatic hydroxyl groups is 1. The van der Waals surface area contributed by atoms with Crippen LogP contribution in [-0.4, -0.2) is 55.0 Å². The van der Waals surface area contributed by atoms with Gasteiger partial charge in [0.25, 0.3) is 5.89 Å². The molecule has 0 unspecified atom stereocenters. The molecule has 11 heteroatoms. The fourth-order valence-electron chi connectivity index (χ4n) is 2.84. The van der Waals surface area contributed by atoms with Gasteiger partial charge >= 0.3 is 6.18 Å². The molecule has 1 N–H and O–H groups in total. The highest BCUT2D eigenvalue weighted by Crippen LogP contribution is 2.38. The number of hydrogen-bond donors (Lipinski definition) is 1. The van der Waals surface area contributed by atoms with Crippen LogP contribution in [0.5, 0.6) is 5.75 Å². The maximum Gasteiger partial charge on any atom is 0.419 e. The standard InChI is InChI=1S/C22H22F4N2O5/c23-7-9-32-19-6-5-17(13-18(19)22(24,25)26)21-27-20(28-33-21)16-3-1-15(2-4-16)14-31-12-11-30-10-8-29/h1-6,13,29H,7-12,14H2. The molecule has 0 radical (unpaired) electrons. The van der Waals surface area contributed by atoms with Crippen molar-refractivity contribution in [2.75, 3.05) is 39.7 Å². The number of ether oxygens (including phenoxy) is 3.